The number of ether oxygens (including phenoxy) is 1. The Morgan fingerprint density at radius 3 is 3.05 bits per heavy atom. The van der Waals surface area contributed by atoms with Crippen LogP contribution in [0.1, 0.15) is 41.4 Å². The summed E-state index contributed by atoms with van der Waals surface area (Å²) in [4.78, 5) is 0. The van der Waals surface area contributed by atoms with E-state index in [9.17, 15) is 0 Å². The summed E-state index contributed by atoms with van der Waals surface area (Å²) in [7, 11) is 0. The third kappa shape index (κ3) is 2.57. The normalized spacial score (nSPS) is 18.3. The minimum atomic E-state index is 0.200. The highest BCUT2D eigenvalue weighted by molar-refractivity contribution is 5.31. The molecule has 0 spiro atoms. The molecular formula is C16H19NO2. The van der Waals surface area contributed by atoms with E-state index in [4.69, 9.17) is 14.9 Å². The lowest BCUT2D eigenvalue weighted by atomic mass is 9.89. The van der Waals surface area contributed by atoms with Gasteiger partial charge in [0.2, 0.25) is 0 Å². The van der Waals surface area contributed by atoms with Gasteiger partial charge in [0.1, 0.15) is 5.76 Å². The first kappa shape index (κ1) is 12.5. The summed E-state index contributed by atoms with van der Waals surface area (Å²) in [6, 6.07) is 10.5. The molecule has 3 rings (SSSR count). The molecule has 100 valence electrons. The second-order valence-corrected chi connectivity index (χ2v) is 4.96. The second kappa shape index (κ2) is 5.59. The smallest absolute Gasteiger partial charge is 0.122 e. The van der Waals surface area contributed by atoms with Crippen molar-refractivity contribution in [3.05, 3.63) is 59.0 Å². The highest BCUT2D eigenvalue weighted by Gasteiger charge is 2.20. The fraction of sp³-hybridized carbons (Fsp3) is 0.375. The van der Waals surface area contributed by atoms with Crippen molar-refractivity contribution in [3.63, 3.8) is 0 Å². The van der Waals surface area contributed by atoms with E-state index in [2.05, 4.69) is 24.3 Å². The maximum Gasteiger partial charge on any atom is 0.122 e. The van der Waals surface area contributed by atoms with E-state index >= 15 is 0 Å². The zero-order valence-electron chi connectivity index (χ0n) is 11.0. The van der Waals surface area contributed by atoms with E-state index in [0.717, 1.165) is 24.2 Å². The maximum absolute atomic E-state index is 6.08. The average molecular weight is 257 g/mol. The lowest BCUT2D eigenvalue weighted by Crippen LogP contribution is -2.13. The molecule has 0 amide bonds. The SMILES string of the molecule is NCc1occc1COC1CCCc2ccccc21. The lowest BCUT2D eigenvalue weighted by Gasteiger charge is -2.25. The Morgan fingerprint density at radius 2 is 2.16 bits per heavy atom. The quantitative estimate of drug-likeness (QED) is 0.914. The zero-order chi connectivity index (χ0) is 13.1. The number of hydrogen-bond acceptors (Lipinski definition) is 3. The van der Waals surface area contributed by atoms with E-state index in [1.807, 2.05) is 6.07 Å². The molecule has 0 radical (unpaired) electrons. The van der Waals surface area contributed by atoms with Crippen molar-refractivity contribution >= 4 is 0 Å². The van der Waals surface area contributed by atoms with E-state index in [1.54, 1.807) is 6.26 Å². The van der Waals surface area contributed by atoms with Crippen LogP contribution in [0, 0.1) is 0 Å². The lowest BCUT2D eigenvalue weighted by molar-refractivity contribution is 0.0275. The summed E-state index contributed by atoms with van der Waals surface area (Å²) in [6.45, 7) is 0.995. The Bertz CT molecular complexity index is 547. The van der Waals surface area contributed by atoms with Crippen LogP contribution in [0.4, 0.5) is 0 Å². The molecule has 0 bridgehead atoms. The molecule has 0 aliphatic heterocycles. The van der Waals surface area contributed by atoms with E-state index in [1.165, 1.54) is 17.5 Å². The molecule has 1 heterocycles. The molecule has 1 unspecified atom stereocenters. The molecule has 3 heteroatoms. The van der Waals surface area contributed by atoms with Crippen LogP contribution in [-0.4, -0.2) is 0 Å². The van der Waals surface area contributed by atoms with Gasteiger partial charge in [0.15, 0.2) is 0 Å². The first-order valence-corrected chi connectivity index (χ1v) is 6.83. The molecule has 0 fully saturated rings. The molecule has 1 atom stereocenters. The Morgan fingerprint density at radius 1 is 1.26 bits per heavy atom. The van der Waals surface area contributed by atoms with Crippen molar-refractivity contribution in [1.29, 1.82) is 0 Å². The van der Waals surface area contributed by atoms with Gasteiger partial charge < -0.3 is 14.9 Å². The van der Waals surface area contributed by atoms with Crippen molar-refractivity contribution in [2.24, 2.45) is 5.73 Å². The molecule has 0 saturated carbocycles. The summed E-state index contributed by atoms with van der Waals surface area (Å²) in [5, 5.41) is 0. The second-order valence-electron chi connectivity index (χ2n) is 4.96. The molecule has 0 saturated heterocycles. The monoisotopic (exact) mass is 257 g/mol. The molecular weight excluding hydrogens is 238 g/mol. The van der Waals surface area contributed by atoms with Crippen LogP contribution < -0.4 is 5.73 Å². The Hall–Kier alpha value is -1.58. The summed E-state index contributed by atoms with van der Waals surface area (Å²) >= 11 is 0. The third-order valence-corrected chi connectivity index (χ3v) is 3.78. The van der Waals surface area contributed by atoms with Gasteiger partial charge in [0, 0.05) is 5.56 Å². The molecule has 1 aromatic carbocycles. The first-order valence-electron chi connectivity index (χ1n) is 6.83. The largest absolute Gasteiger partial charge is 0.468 e. The standard InChI is InChI=1S/C16H19NO2/c17-10-16-13(8-9-18-16)11-19-15-7-3-5-12-4-1-2-6-14(12)15/h1-2,4,6,8-9,15H,3,5,7,10-11,17H2. The van der Waals surface area contributed by atoms with Crippen LogP contribution >= 0.6 is 0 Å². The Kier molecular flexibility index (Phi) is 3.67. The minimum absolute atomic E-state index is 0.200. The fourth-order valence-corrected chi connectivity index (χ4v) is 2.75. The minimum Gasteiger partial charge on any atom is -0.468 e. The number of rotatable bonds is 4. The molecule has 1 aliphatic carbocycles. The molecule has 1 aliphatic rings. The van der Waals surface area contributed by atoms with Crippen LogP contribution in [-0.2, 0) is 24.3 Å². The van der Waals surface area contributed by atoms with Gasteiger partial charge in [-0.3, -0.25) is 0 Å². The summed E-state index contributed by atoms with van der Waals surface area (Å²) in [5.41, 5.74) is 9.45. The van der Waals surface area contributed by atoms with Gasteiger partial charge in [-0.05, 0) is 36.5 Å². The van der Waals surface area contributed by atoms with Crippen LogP contribution in [0.5, 0.6) is 0 Å². The van der Waals surface area contributed by atoms with E-state index < -0.39 is 0 Å². The molecule has 2 aromatic rings. The van der Waals surface area contributed by atoms with Crippen LogP contribution in [0.3, 0.4) is 0 Å². The van der Waals surface area contributed by atoms with Crippen molar-refractivity contribution in [2.75, 3.05) is 0 Å². The number of furan rings is 1. The Balaban J connectivity index is 1.71. The number of hydrogen-bond donors (Lipinski definition) is 1. The van der Waals surface area contributed by atoms with Gasteiger partial charge >= 0.3 is 0 Å². The first-order chi connectivity index (χ1) is 9.38. The van der Waals surface area contributed by atoms with Gasteiger partial charge in [-0.15, -0.1) is 0 Å². The van der Waals surface area contributed by atoms with Gasteiger partial charge in [0.05, 0.1) is 25.5 Å². The van der Waals surface area contributed by atoms with E-state index in [-0.39, 0.29) is 6.10 Å². The molecule has 3 nitrogen and oxygen atoms in total. The summed E-state index contributed by atoms with van der Waals surface area (Å²) in [6.07, 6.45) is 5.32. The number of benzene rings is 1. The van der Waals surface area contributed by atoms with Gasteiger partial charge in [0.25, 0.3) is 0 Å². The molecule has 19 heavy (non-hydrogen) atoms. The number of fused-ring (bicyclic) bond motifs is 1. The average Bonchev–Trinajstić information content (AvgIpc) is 2.92. The maximum atomic E-state index is 6.08. The molecule has 2 N–H and O–H groups in total. The highest BCUT2D eigenvalue weighted by Crippen LogP contribution is 2.33. The van der Waals surface area contributed by atoms with Crippen molar-refractivity contribution in [3.8, 4) is 0 Å². The van der Waals surface area contributed by atoms with Gasteiger partial charge in [-0.1, -0.05) is 24.3 Å². The fourth-order valence-electron chi connectivity index (χ4n) is 2.75. The molecule has 1 aromatic heterocycles. The summed E-state index contributed by atoms with van der Waals surface area (Å²) in [5.74, 6) is 0.823. The Labute approximate surface area is 113 Å². The van der Waals surface area contributed by atoms with Crippen molar-refractivity contribution in [2.45, 2.75) is 38.5 Å². The highest BCUT2D eigenvalue weighted by atomic mass is 16.5. The van der Waals surface area contributed by atoms with Crippen molar-refractivity contribution < 1.29 is 9.15 Å². The van der Waals surface area contributed by atoms with Crippen LogP contribution in [0.2, 0.25) is 0 Å². The number of aryl methyl sites for hydroxylation is 1. The third-order valence-electron chi connectivity index (χ3n) is 3.78. The number of nitrogens with two attached hydrogens (primary N) is 1. The summed E-state index contributed by atoms with van der Waals surface area (Å²) < 4.78 is 11.4. The zero-order valence-corrected chi connectivity index (χ0v) is 11.0. The predicted octanol–water partition coefficient (Wildman–Crippen LogP) is 3.33. The van der Waals surface area contributed by atoms with E-state index in [0.29, 0.717) is 13.2 Å². The van der Waals surface area contributed by atoms with Gasteiger partial charge in [-0.25, -0.2) is 0 Å². The van der Waals surface area contributed by atoms with Gasteiger partial charge in [-0.2, -0.15) is 0 Å². The predicted molar refractivity (Wildman–Crippen MR) is 73.5 cm³/mol. The topological polar surface area (TPSA) is 48.4 Å². The van der Waals surface area contributed by atoms with Crippen LogP contribution in [0.15, 0.2) is 41.0 Å². The van der Waals surface area contributed by atoms with Crippen molar-refractivity contribution in [1.82, 2.24) is 0 Å². The van der Waals surface area contributed by atoms with Crippen LogP contribution in [0.25, 0.3) is 0 Å².